The highest BCUT2D eigenvalue weighted by Gasteiger charge is 2.38. The Morgan fingerprint density at radius 3 is 2.48 bits per heavy atom. The van der Waals surface area contributed by atoms with Crippen LogP contribution in [0.25, 0.3) is 6.08 Å². The quantitative estimate of drug-likeness (QED) is 0.571. The predicted octanol–water partition coefficient (Wildman–Crippen LogP) is 3.59. The van der Waals surface area contributed by atoms with E-state index in [1.54, 1.807) is 25.1 Å². The van der Waals surface area contributed by atoms with Crippen molar-refractivity contribution in [3.8, 4) is 0 Å². The highest BCUT2D eigenvalue weighted by molar-refractivity contribution is 7.90. The first kappa shape index (κ1) is 22.8. The van der Waals surface area contributed by atoms with Gasteiger partial charge in [-0.1, -0.05) is 37.3 Å². The highest BCUT2D eigenvalue weighted by Crippen LogP contribution is 2.35. The van der Waals surface area contributed by atoms with Gasteiger partial charge in [-0.25, -0.2) is 26.9 Å². The summed E-state index contributed by atoms with van der Waals surface area (Å²) in [6.07, 6.45) is 7.84. The van der Waals surface area contributed by atoms with Crippen molar-refractivity contribution < 1.29 is 22.3 Å². The van der Waals surface area contributed by atoms with E-state index in [2.05, 4.69) is 10.1 Å². The van der Waals surface area contributed by atoms with Crippen molar-refractivity contribution in [1.29, 1.82) is 0 Å². The van der Waals surface area contributed by atoms with Crippen molar-refractivity contribution in [3.63, 3.8) is 0 Å². The molecule has 1 aromatic heterocycles. The zero-order valence-corrected chi connectivity index (χ0v) is 17.9. The number of hydrogen-bond acceptors (Lipinski definition) is 5. The topological polar surface area (TPSA) is 85.1 Å². The zero-order valence-electron chi connectivity index (χ0n) is 17.1. The summed E-state index contributed by atoms with van der Waals surface area (Å²) in [5, 5.41) is 15.5. The molecule has 164 valence electrons. The molecule has 0 spiro atoms. The van der Waals surface area contributed by atoms with E-state index in [-0.39, 0.29) is 17.0 Å². The summed E-state index contributed by atoms with van der Waals surface area (Å²) in [5.74, 6) is -2.03. The molecule has 6 nitrogen and oxygen atoms in total. The van der Waals surface area contributed by atoms with Crippen LogP contribution >= 0.6 is 0 Å². The van der Waals surface area contributed by atoms with Crippen LogP contribution in [-0.4, -0.2) is 34.5 Å². The summed E-state index contributed by atoms with van der Waals surface area (Å²) in [6, 6.07) is 9.49. The molecule has 0 fully saturated rings. The van der Waals surface area contributed by atoms with Crippen molar-refractivity contribution in [2.75, 3.05) is 6.26 Å². The van der Waals surface area contributed by atoms with Crippen LogP contribution in [0.2, 0.25) is 0 Å². The number of nitrogens with zero attached hydrogens (tertiary/aromatic N) is 3. The van der Waals surface area contributed by atoms with E-state index in [4.69, 9.17) is 0 Å². The third kappa shape index (κ3) is 5.42. The molecule has 0 radical (unpaired) electrons. The summed E-state index contributed by atoms with van der Waals surface area (Å²) < 4.78 is 52.5. The number of aromatic nitrogens is 3. The SMILES string of the molecule is C[C@@H](C/C=C/c1ccc(S(C)(=O)=O)cc1)[C@](O)(Cn1cncn1)c1ccc(F)cc1F. The Labute approximate surface area is 179 Å². The molecule has 3 rings (SSSR count). The molecule has 31 heavy (non-hydrogen) atoms. The van der Waals surface area contributed by atoms with Crippen LogP contribution in [0.15, 0.2) is 66.1 Å². The van der Waals surface area contributed by atoms with Crippen molar-refractivity contribution in [1.82, 2.24) is 14.8 Å². The van der Waals surface area contributed by atoms with Crippen LogP contribution in [0.4, 0.5) is 8.78 Å². The Morgan fingerprint density at radius 1 is 1.19 bits per heavy atom. The molecule has 1 heterocycles. The molecule has 0 saturated carbocycles. The molecule has 0 saturated heterocycles. The molecule has 9 heteroatoms. The minimum absolute atomic E-state index is 0.0252. The number of allylic oxidation sites excluding steroid dienone is 1. The van der Waals surface area contributed by atoms with Gasteiger partial charge in [0.1, 0.15) is 29.9 Å². The van der Waals surface area contributed by atoms with Gasteiger partial charge in [-0.15, -0.1) is 0 Å². The molecule has 0 bridgehead atoms. The smallest absolute Gasteiger partial charge is 0.175 e. The van der Waals surface area contributed by atoms with Crippen molar-refractivity contribution in [2.24, 2.45) is 5.92 Å². The molecule has 2 aromatic carbocycles. The van der Waals surface area contributed by atoms with Gasteiger partial charge in [0.05, 0.1) is 11.4 Å². The van der Waals surface area contributed by atoms with Crippen molar-refractivity contribution >= 4 is 15.9 Å². The van der Waals surface area contributed by atoms with Crippen LogP contribution in [0, 0.1) is 17.6 Å². The number of aliphatic hydroxyl groups is 1. The number of benzene rings is 2. The molecular formula is C22H23F2N3O3S. The van der Waals surface area contributed by atoms with E-state index in [1.807, 2.05) is 6.08 Å². The van der Waals surface area contributed by atoms with Crippen LogP contribution in [0.5, 0.6) is 0 Å². The molecule has 2 atom stereocenters. The minimum Gasteiger partial charge on any atom is -0.383 e. The lowest BCUT2D eigenvalue weighted by Crippen LogP contribution is -2.39. The van der Waals surface area contributed by atoms with E-state index in [0.29, 0.717) is 6.42 Å². The van der Waals surface area contributed by atoms with Crippen LogP contribution < -0.4 is 0 Å². The number of halogens is 2. The maximum absolute atomic E-state index is 14.5. The molecular weight excluding hydrogens is 424 g/mol. The molecule has 0 aliphatic rings. The van der Waals surface area contributed by atoms with E-state index in [9.17, 15) is 22.3 Å². The summed E-state index contributed by atoms with van der Waals surface area (Å²) in [7, 11) is -3.27. The largest absolute Gasteiger partial charge is 0.383 e. The van der Waals surface area contributed by atoms with E-state index in [0.717, 1.165) is 24.0 Å². The lowest BCUT2D eigenvalue weighted by atomic mass is 9.80. The van der Waals surface area contributed by atoms with E-state index < -0.39 is 33.0 Å². The second kappa shape index (κ2) is 9.07. The molecule has 0 unspecified atom stereocenters. The fourth-order valence-electron chi connectivity index (χ4n) is 3.34. The fraction of sp³-hybridized carbons (Fsp3) is 0.273. The van der Waals surface area contributed by atoms with Gasteiger partial charge < -0.3 is 5.11 Å². The standard InChI is InChI=1S/C22H23F2N3O3S/c1-16(4-3-5-17-6-9-19(10-7-17)31(2,29)30)22(28,13-27-15-25-14-26-27)20-11-8-18(23)12-21(20)24/h3,5-12,14-16,28H,4,13H2,1-2H3/b5-3+/t16-,22+/m0/s1. The van der Waals surface area contributed by atoms with Gasteiger partial charge in [0, 0.05) is 17.9 Å². The highest BCUT2D eigenvalue weighted by atomic mass is 32.2. The molecule has 3 aromatic rings. The third-order valence-corrected chi connectivity index (χ3v) is 6.32. The third-order valence-electron chi connectivity index (χ3n) is 5.19. The van der Waals surface area contributed by atoms with Crippen molar-refractivity contribution in [2.45, 2.75) is 30.4 Å². The first-order chi connectivity index (χ1) is 14.6. The maximum Gasteiger partial charge on any atom is 0.175 e. The van der Waals surface area contributed by atoms with Crippen LogP contribution in [0.1, 0.15) is 24.5 Å². The first-order valence-electron chi connectivity index (χ1n) is 9.56. The van der Waals surface area contributed by atoms with Gasteiger partial charge in [-0.05, 0) is 36.1 Å². The Kier molecular flexibility index (Phi) is 6.66. The van der Waals surface area contributed by atoms with Crippen LogP contribution in [0.3, 0.4) is 0 Å². The molecule has 1 N–H and O–H groups in total. The van der Waals surface area contributed by atoms with Gasteiger partial charge in [0.25, 0.3) is 0 Å². The second-order valence-corrected chi connectivity index (χ2v) is 9.54. The normalized spacial score (nSPS) is 15.1. The Balaban J connectivity index is 1.83. The summed E-state index contributed by atoms with van der Waals surface area (Å²) in [6.45, 7) is 1.70. The maximum atomic E-state index is 14.5. The van der Waals surface area contributed by atoms with Gasteiger partial charge >= 0.3 is 0 Å². The van der Waals surface area contributed by atoms with E-state index >= 15 is 0 Å². The molecule has 0 aliphatic heterocycles. The summed E-state index contributed by atoms with van der Waals surface area (Å²) >= 11 is 0. The first-order valence-corrected chi connectivity index (χ1v) is 11.5. The number of hydrogen-bond donors (Lipinski definition) is 1. The average Bonchev–Trinajstić information content (AvgIpc) is 3.20. The van der Waals surface area contributed by atoms with Gasteiger partial charge in [-0.2, -0.15) is 5.10 Å². The number of rotatable bonds is 8. The van der Waals surface area contributed by atoms with E-state index in [1.165, 1.54) is 35.5 Å². The number of sulfone groups is 1. The Morgan fingerprint density at radius 2 is 1.90 bits per heavy atom. The average molecular weight is 448 g/mol. The lowest BCUT2D eigenvalue weighted by molar-refractivity contribution is -0.0379. The van der Waals surface area contributed by atoms with Crippen LogP contribution in [-0.2, 0) is 22.0 Å². The fourth-order valence-corrected chi connectivity index (χ4v) is 3.97. The zero-order chi connectivity index (χ0) is 22.6. The van der Waals surface area contributed by atoms with Crippen molar-refractivity contribution in [3.05, 3.63) is 84.0 Å². The van der Waals surface area contributed by atoms with Gasteiger partial charge in [0.15, 0.2) is 9.84 Å². The summed E-state index contributed by atoms with van der Waals surface area (Å²) in [4.78, 5) is 4.08. The lowest BCUT2D eigenvalue weighted by Gasteiger charge is -2.34. The van der Waals surface area contributed by atoms with Gasteiger partial charge in [0.2, 0.25) is 0 Å². The monoisotopic (exact) mass is 447 g/mol. The molecule has 0 amide bonds. The Hall–Kier alpha value is -2.91. The molecule has 0 aliphatic carbocycles. The second-order valence-electron chi connectivity index (χ2n) is 7.52. The Bertz CT molecular complexity index is 1160. The summed E-state index contributed by atoms with van der Waals surface area (Å²) in [5.41, 5.74) is -0.911. The van der Waals surface area contributed by atoms with Gasteiger partial charge in [-0.3, -0.25) is 0 Å². The predicted molar refractivity (Wildman–Crippen MR) is 113 cm³/mol. The minimum atomic E-state index is -3.27.